The Morgan fingerprint density at radius 3 is 2.90 bits per heavy atom. The molecule has 0 aliphatic heterocycles. The number of ether oxygens (including phenoxy) is 1. The van der Waals surface area contributed by atoms with Crippen LogP contribution in [0.25, 0.3) is 10.6 Å². The molecule has 1 amide bonds. The Balaban J connectivity index is 1.71. The summed E-state index contributed by atoms with van der Waals surface area (Å²) in [6, 6.07) is 7.90. The quantitative estimate of drug-likeness (QED) is 0.491. The van der Waals surface area contributed by atoms with E-state index >= 15 is 0 Å². The second-order valence-electron chi connectivity index (χ2n) is 7.03. The van der Waals surface area contributed by atoms with Crippen LogP contribution in [0.4, 0.5) is 0 Å². The van der Waals surface area contributed by atoms with Crippen molar-refractivity contribution < 1.29 is 9.53 Å². The fraction of sp³-hybridized carbons (Fsp3) is 0.400. The average Bonchev–Trinajstić information content (AvgIpc) is 3.31. The van der Waals surface area contributed by atoms with Crippen LogP contribution >= 0.6 is 23.1 Å². The molecule has 0 aliphatic rings. The summed E-state index contributed by atoms with van der Waals surface area (Å²) in [7, 11) is 1.66. The predicted molar refractivity (Wildman–Crippen MR) is 116 cm³/mol. The molecule has 0 unspecified atom stereocenters. The highest BCUT2D eigenvalue weighted by atomic mass is 32.2. The van der Waals surface area contributed by atoms with Crippen molar-refractivity contribution in [3.63, 3.8) is 0 Å². The van der Waals surface area contributed by atoms with Crippen molar-refractivity contribution in [3.8, 4) is 16.3 Å². The molecule has 29 heavy (non-hydrogen) atoms. The summed E-state index contributed by atoms with van der Waals surface area (Å²) >= 11 is 3.22. The minimum absolute atomic E-state index is 0.275. The van der Waals surface area contributed by atoms with Crippen LogP contribution in [0.1, 0.15) is 31.8 Å². The fourth-order valence-corrected chi connectivity index (χ4v) is 4.58. The zero-order valence-corrected chi connectivity index (χ0v) is 18.4. The second kappa shape index (κ2) is 9.89. The Hall–Kier alpha value is -2.39. The normalized spacial score (nSPS) is 11.2. The Morgan fingerprint density at radius 2 is 2.17 bits per heavy atom. The first kappa shape index (κ1) is 21.3. The Morgan fingerprint density at radius 1 is 1.34 bits per heavy atom. The first-order valence-electron chi connectivity index (χ1n) is 9.38. The number of methoxy groups -OCH3 is 1. The highest BCUT2D eigenvalue weighted by molar-refractivity contribution is 7.98. The third-order valence-corrected chi connectivity index (χ3v) is 6.09. The molecule has 1 aromatic carbocycles. The van der Waals surface area contributed by atoms with Crippen LogP contribution < -0.4 is 10.5 Å². The molecule has 0 aliphatic carbocycles. The van der Waals surface area contributed by atoms with Gasteiger partial charge in [-0.2, -0.15) is 0 Å². The Kier molecular flexibility index (Phi) is 7.27. The van der Waals surface area contributed by atoms with Crippen molar-refractivity contribution in [2.45, 2.75) is 44.1 Å². The highest BCUT2D eigenvalue weighted by Crippen LogP contribution is 2.29. The zero-order chi connectivity index (χ0) is 20.8. The van der Waals surface area contributed by atoms with Crippen LogP contribution in [0, 0.1) is 5.92 Å². The molecule has 9 heteroatoms. The van der Waals surface area contributed by atoms with Gasteiger partial charge in [0, 0.05) is 36.1 Å². The molecule has 7 nitrogen and oxygen atoms in total. The third-order valence-electron chi connectivity index (χ3n) is 4.15. The minimum Gasteiger partial charge on any atom is -0.497 e. The van der Waals surface area contributed by atoms with Crippen molar-refractivity contribution in [1.82, 2.24) is 19.7 Å². The molecule has 0 spiro atoms. The summed E-state index contributed by atoms with van der Waals surface area (Å²) < 4.78 is 7.39. The van der Waals surface area contributed by atoms with Crippen LogP contribution in [0.5, 0.6) is 5.75 Å². The fourth-order valence-electron chi connectivity index (χ4n) is 2.79. The minimum atomic E-state index is -0.328. The highest BCUT2D eigenvalue weighted by Gasteiger charge is 2.15. The van der Waals surface area contributed by atoms with Crippen molar-refractivity contribution in [2.75, 3.05) is 7.11 Å². The molecule has 0 atom stereocenters. The number of primary amides is 1. The molecule has 2 N–H and O–H groups in total. The van der Waals surface area contributed by atoms with E-state index in [1.807, 2.05) is 24.3 Å². The van der Waals surface area contributed by atoms with Gasteiger partial charge in [-0.05, 0) is 18.1 Å². The first-order chi connectivity index (χ1) is 14.0. The van der Waals surface area contributed by atoms with Crippen LogP contribution in [-0.4, -0.2) is 32.8 Å². The molecule has 2 heterocycles. The topological polar surface area (TPSA) is 95.9 Å². The molecule has 3 rings (SSSR count). The lowest BCUT2D eigenvalue weighted by Gasteiger charge is -2.11. The number of carbonyl (C=O) groups excluding carboxylic acids is 1. The second-order valence-corrected chi connectivity index (χ2v) is 8.83. The van der Waals surface area contributed by atoms with Crippen LogP contribution in [0.3, 0.4) is 0 Å². The van der Waals surface area contributed by atoms with Gasteiger partial charge >= 0.3 is 0 Å². The maximum atomic E-state index is 11.1. The Labute approximate surface area is 178 Å². The molecule has 2 aromatic heterocycles. The van der Waals surface area contributed by atoms with Crippen molar-refractivity contribution in [2.24, 2.45) is 11.7 Å². The molecule has 154 valence electrons. The number of hydrogen-bond donors (Lipinski definition) is 1. The van der Waals surface area contributed by atoms with E-state index in [4.69, 9.17) is 15.5 Å². The van der Waals surface area contributed by atoms with Gasteiger partial charge in [-0.3, -0.25) is 4.79 Å². The van der Waals surface area contributed by atoms with E-state index < -0.39 is 0 Å². The largest absolute Gasteiger partial charge is 0.497 e. The zero-order valence-electron chi connectivity index (χ0n) is 16.8. The molecule has 0 fully saturated rings. The van der Waals surface area contributed by atoms with E-state index in [0.29, 0.717) is 18.1 Å². The SMILES string of the molecule is COc1cccc(-c2nc(CSc3nnc(CCC(N)=O)n3CC(C)C)cs2)c1. The monoisotopic (exact) mass is 431 g/mol. The van der Waals surface area contributed by atoms with Crippen molar-refractivity contribution >= 4 is 29.0 Å². The number of thiazole rings is 1. The van der Waals surface area contributed by atoms with E-state index in [9.17, 15) is 4.79 Å². The van der Waals surface area contributed by atoms with Gasteiger partial charge in [0.2, 0.25) is 5.91 Å². The van der Waals surface area contributed by atoms with Gasteiger partial charge in [-0.25, -0.2) is 4.98 Å². The molecule has 0 radical (unpaired) electrons. The number of benzene rings is 1. The van der Waals surface area contributed by atoms with Gasteiger partial charge in [0.25, 0.3) is 0 Å². The van der Waals surface area contributed by atoms with E-state index in [1.54, 1.807) is 30.2 Å². The van der Waals surface area contributed by atoms with E-state index in [2.05, 4.69) is 34.0 Å². The Bertz CT molecular complexity index is 967. The number of amides is 1. The average molecular weight is 432 g/mol. The molecular weight excluding hydrogens is 406 g/mol. The predicted octanol–water partition coefficient (Wildman–Crippen LogP) is 3.78. The smallest absolute Gasteiger partial charge is 0.217 e. The van der Waals surface area contributed by atoms with Crippen LogP contribution in [0.2, 0.25) is 0 Å². The van der Waals surface area contributed by atoms with E-state index in [-0.39, 0.29) is 12.3 Å². The number of rotatable bonds is 10. The van der Waals surface area contributed by atoms with Crippen LogP contribution in [0.15, 0.2) is 34.8 Å². The maximum Gasteiger partial charge on any atom is 0.217 e. The number of hydrogen-bond acceptors (Lipinski definition) is 7. The van der Waals surface area contributed by atoms with Gasteiger partial charge in [0.05, 0.1) is 12.8 Å². The first-order valence-corrected chi connectivity index (χ1v) is 11.2. The summed E-state index contributed by atoms with van der Waals surface area (Å²) in [6.45, 7) is 5.09. The number of aryl methyl sites for hydroxylation is 1. The number of aromatic nitrogens is 4. The number of nitrogens with two attached hydrogens (primary N) is 1. The van der Waals surface area contributed by atoms with Crippen LogP contribution in [-0.2, 0) is 23.5 Å². The summed E-state index contributed by atoms with van der Waals surface area (Å²) in [5.41, 5.74) is 7.32. The van der Waals surface area contributed by atoms with Gasteiger partial charge in [0.15, 0.2) is 5.16 Å². The van der Waals surface area contributed by atoms with Gasteiger partial charge in [-0.15, -0.1) is 21.5 Å². The molecule has 0 saturated heterocycles. The molecule has 3 aromatic rings. The van der Waals surface area contributed by atoms with Crippen molar-refractivity contribution in [3.05, 3.63) is 41.2 Å². The number of carbonyl (C=O) groups is 1. The third kappa shape index (κ3) is 5.80. The van der Waals surface area contributed by atoms with E-state index in [0.717, 1.165) is 39.5 Å². The van der Waals surface area contributed by atoms with E-state index in [1.165, 1.54) is 0 Å². The molecular formula is C20H25N5O2S2. The van der Waals surface area contributed by atoms with Gasteiger partial charge < -0.3 is 15.0 Å². The summed E-state index contributed by atoms with van der Waals surface area (Å²) in [5, 5.41) is 12.5. The summed E-state index contributed by atoms with van der Waals surface area (Å²) in [5.74, 6) is 2.43. The lowest BCUT2D eigenvalue weighted by Crippen LogP contribution is -2.15. The van der Waals surface area contributed by atoms with Crippen molar-refractivity contribution in [1.29, 1.82) is 0 Å². The lowest BCUT2D eigenvalue weighted by atomic mass is 10.2. The number of nitrogens with zero attached hydrogens (tertiary/aromatic N) is 4. The maximum absolute atomic E-state index is 11.1. The summed E-state index contributed by atoms with van der Waals surface area (Å²) in [6.07, 6.45) is 0.781. The number of thioether (sulfide) groups is 1. The standard InChI is InChI=1S/C20H25N5O2S2/c1-13(2)10-25-18(8-7-17(21)26)23-24-20(25)29-12-15-11-28-19(22-15)14-5-4-6-16(9-14)27-3/h4-6,9,11,13H,7-8,10,12H2,1-3H3,(H2,21,26). The van der Waals surface area contributed by atoms with Gasteiger partial charge in [0.1, 0.15) is 16.6 Å². The summed E-state index contributed by atoms with van der Waals surface area (Å²) in [4.78, 5) is 15.9. The molecule has 0 saturated carbocycles. The molecule has 0 bridgehead atoms. The van der Waals surface area contributed by atoms with Gasteiger partial charge in [-0.1, -0.05) is 37.7 Å². The lowest BCUT2D eigenvalue weighted by molar-refractivity contribution is -0.118.